The van der Waals surface area contributed by atoms with Crippen LogP contribution in [0.25, 0.3) is 10.6 Å². The lowest BCUT2D eigenvalue weighted by Gasteiger charge is -2.09. The van der Waals surface area contributed by atoms with Crippen LogP contribution in [0, 0.1) is 0 Å². The number of ether oxygens (including phenoxy) is 1. The minimum absolute atomic E-state index is 0.244. The van der Waals surface area contributed by atoms with Gasteiger partial charge in [0.25, 0.3) is 5.56 Å². The molecule has 0 radical (unpaired) electrons. The van der Waals surface area contributed by atoms with Crippen molar-refractivity contribution in [2.75, 3.05) is 7.11 Å². The molecule has 2 rings (SSSR count). The van der Waals surface area contributed by atoms with Gasteiger partial charge in [-0.2, -0.15) is 0 Å². The Hall–Kier alpha value is -1.82. The van der Waals surface area contributed by atoms with Gasteiger partial charge in [0.15, 0.2) is 0 Å². The van der Waals surface area contributed by atoms with Gasteiger partial charge in [0.05, 0.1) is 17.7 Å². The first-order valence-corrected chi connectivity index (χ1v) is 5.94. The summed E-state index contributed by atoms with van der Waals surface area (Å²) in [4.78, 5) is 24.0. The second kappa shape index (κ2) is 4.58. The van der Waals surface area contributed by atoms with Gasteiger partial charge >= 0.3 is 5.97 Å². The first-order valence-electron chi connectivity index (χ1n) is 5.06. The number of hydrogen-bond donors (Lipinski definition) is 1. The molecule has 2 aromatic rings. The molecule has 0 unspecified atom stereocenters. The summed E-state index contributed by atoms with van der Waals surface area (Å²) in [5.74, 6) is -0.452. The van der Waals surface area contributed by atoms with Gasteiger partial charge in [0.1, 0.15) is 6.04 Å². The van der Waals surface area contributed by atoms with Gasteiger partial charge in [-0.25, -0.2) is 9.48 Å². The number of nitrogens with one attached hydrogen (secondary N) is 1. The fourth-order valence-corrected chi connectivity index (χ4v) is 2.22. The summed E-state index contributed by atoms with van der Waals surface area (Å²) in [6, 6.07) is 4.63. The molecule has 0 aliphatic rings. The average molecular weight is 252 g/mol. The average Bonchev–Trinajstić information content (AvgIpc) is 2.95. The monoisotopic (exact) mass is 252 g/mol. The number of aromatic nitrogens is 2. The van der Waals surface area contributed by atoms with E-state index in [0.29, 0.717) is 5.69 Å². The lowest BCUT2D eigenvalue weighted by atomic mass is 10.3. The highest BCUT2D eigenvalue weighted by Gasteiger charge is 2.18. The third kappa shape index (κ3) is 2.16. The lowest BCUT2D eigenvalue weighted by molar-refractivity contribution is -0.144. The van der Waals surface area contributed by atoms with Crippen molar-refractivity contribution in [2.24, 2.45) is 0 Å². The van der Waals surface area contributed by atoms with Crippen molar-refractivity contribution in [3.63, 3.8) is 0 Å². The molecule has 6 heteroatoms. The van der Waals surface area contributed by atoms with Gasteiger partial charge in [0, 0.05) is 6.07 Å². The Balaban J connectivity index is 2.38. The van der Waals surface area contributed by atoms with E-state index in [4.69, 9.17) is 0 Å². The highest BCUT2D eigenvalue weighted by molar-refractivity contribution is 7.13. The van der Waals surface area contributed by atoms with Crippen molar-refractivity contribution in [3.8, 4) is 10.6 Å². The zero-order valence-corrected chi connectivity index (χ0v) is 10.3. The van der Waals surface area contributed by atoms with E-state index in [0.717, 1.165) is 4.88 Å². The molecule has 17 heavy (non-hydrogen) atoms. The van der Waals surface area contributed by atoms with Crippen LogP contribution in [-0.4, -0.2) is 22.9 Å². The summed E-state index contributed by atoms with van der Waals surface area (Å²) in [5, 5.41) is 4.84. The van der Waals surface area contributed by atoms with Gasteiger partial charge in [-0.1, -0.05) is 6.07 Å². The predicted octanol–water partition coefficient (Wildman–Crippen LogP) is 1.64. The summed E-state index contributed by atoms with van der Waals surface area (Å²) in [5.41, 5.74) is 0.465. The first kappa shape index (κ1) is 11.7. The summed E-state index contributed by atoms with van der Waals surface area (Å²) in [6.07, 6.45) is 0. The highest BCUT2D eigenvalue weighted by Crippen LogP contribution is 2.21. The number of aromatic amines is 1. The van der Waals surface area contributed by atoms with Crippen LogP contribution in [0.15, 0.2) is 28.4 Å². The van der Waals surface area contributed by atoms with Crippen molar-refractivity contribution in [3.05, 3.63) is 33.9 Å². The molecule has 0 amide bonds. The van der Waals surface area contributed by atoms with Gasteiger partial charge < -0.3 is 4.74 Å². The summed E-state index contributed by atoms with van der Waals surface area (Å²) in [6.45, 7) is 1.61. The van der Waals surface area contributed by atoms with Crippen LogP contribution in [0.3, 0.4) is 0 Å². The van der Waals surface area contributed by atoms with Crippen LogP contribution in [0.5, 0.6) is 0 Å². The maximum atomic E-state index is 11.7. The molecular weight excluding hydrogens is 240 g/mol. The molecule has 90 valence electrons. The molecule has 0 aliphatic heterocycles. The third-order valence-corrected chi connectivity index (χ3v) is 3.37. The van der Waals surface area contributed by atoms with E-state index < -0.39 is 12.0 Å². The minimum Gasteiger partial charge on any atom is -0.467 e. The number of rotatable bonds is 3. The van der Waals surface area contributed by atoms with E-state index in [1.807, 2.05) is 17.5 Å². The molecule has 0 fully saturated rings. The van der Waals surface area contributed by atoms with Gasteiger partial charge in [-0.3, -0.25) is 9.89 Å². The number of methoxy groups -OCH3 is 1. The Morgan fingerprint density at radius 3 is 2.94 bits per heavy atom. The van der Waals surface area contributed by atoms with Gasteiger partial charge in [0.2, 0.25) is 0 Å². The second-order valence-electron chi connectivity index (χ2n) is 3.55. The predicted molar refractivity (Wildman–Crippen MR) is 65.1 cm³/mol. The molecule has 5 nitrogen and oxygen atoms in total. The maximum Gasteiger partial charge on any atom is 0.330 e. The van der Waals surface area contributed by atoms with Crippen molar-refractivity contribution in [1.29, 1.82) is 0 Å². The number of H-pyrrole nitrogens is 1. The molecule has 0 saturated carbocycles. The van der Waals surface area contributed by atoms with E-state index in [1.165, 1.54) is 29.2 Å². The van der Waals surface area contributed by atoms with Crippen LogP contribution in [0.2, 0.25) is 0 Å². The topological polar surface area (TPSA) is 64.1 Å². The largest absolute Gasteiger partial charge is 0.467 e. The quantitative estimate of drug-likeness (QED) is 0.844. The fraction of sp³-hybridized carbons (Fsp3) is 0.273. The Kier molecular flexibility index (Phi) is 3.14. The fourth-order valence-electron chi connectivity index (χ4n) is 1.53. The van der Waals surface area contributed by atoms with Crippen molar-refractivity contribution in [2.45, 2.75) is 13.0 Å². The van der Waals surface area contributed by atoms with Crippen LogP contribution in [0.1, 0.15) is 13.0 Å². The van der Waals surface area contributed by atoms with Crippen molar-refractivity contribution in [1.82, 2.24) is 9.78 Å². The smallest absolute Gasteiger partial charge is 0.330 e. The molecule has 1 N–H and O–H groups in total. The molecular formula is C11H12N2O3S. The molecule has 2 heterocycles. The van der Waals surface area contributed by atoms with E-state index >= 15 is 0 Å². The zero-order chi connectivity index (χ0) is 12.4. The summed E-state index contributed by atoms with van der Waals surface area (Å²) in [7, 11) is 1.30. The Morgan fingerprint density at radius 2 is 2.35 bits per heavy atom. The summed E-state index contributed by atoms with van der Waals surface area (Å²) >= 11 is 1.52. The van der Waals surface area contributed by atoms with Crippen molar-refractivity contribution < 1.29 is 9.53 Å². The number of carbonyl (C=O) groups is 1. The molecule has 0 saturated heterocycles. The third-order valence-electron chi connectivity index (χ3n) is 2.46. The Morgan fingerprint density at radius 1 is 1.59 bits per heavy atom. The highest BCUT2D eigenvalue weighted by atomic mass is 32.1. The summed E-state index contributed by atoms with van der Waals surface area (Å²) < 4.78 is 5.87. The molecule has 0 aliphatic carbocycles. The Labute approximate surface area is 102 Å². The molecule has 0 aromatic carbocycles. The standard InChI is InChI=1S/C11H12N2O3S/c1-7(11(15)16-2)13-10(14)6-8(12-13)9-4-3-5-17-9/h3-7,12H,1-2H3/t7-/m1/s1. The van der Waals surface area contributed by atoms with E-state index in [-0.39, 0.29) is 5.56 Å². The van der Waals surface area contributed by atoms with Crippen molar-refractivity contribution >= 4 is 17.3 Å². The van der Waals surface area contributed by atoms with Crippen LogP contribution < -0.4 is 5.56 Å². The van der Waals surface area contributed by atoms with Gasteiger partial charge in [-0.05, 0) is 18.4 Å². The van der Waals surface area contributed by atoms with E-state index in [1.54, 1.807) is 6.92 Å². The molecule has 0 spiro atoms. The molecule has 2 aromatic heterocycles. The van der Waals surface area contributed by atoms with Crippen LogP contribution in [0.4, 0.5) is 0 Å². The minimum atomic E-state index is -0.652. The SMILES string of the molecule is COC(=O)[C@@H](C)n1[nH]c(-c2cccs2)cc1=O. The molecule has 1 atom stereocenters. The number of carbonyl (C=O) groups excluding carboxylic acids is 1. The number of esters is 1. The normalized spacial score (nSPS) is 12.4. The van der Waals surface area contributed by atoms with E-state index in [9.17, 15) is 9.59 Å². The second-order valence-corrected chi connectivity index (χ2v) is 4.50. The number of thiophene rings is 1. The van der Waals surface area contributed by atoms with Gasteiger partial charge in [-0.15, -0.1) is 11.3 Å². The molecule has 0 bridgehead atoms. The van der Waals surface area contributed by atoms with E-state index in [2.05, 4.69) is 9.84 Å². The maximum absolute atomic E-state index is 11.7. The zero-order valence-electron chi connectivity index (χ0n) is 9.47. The number of hydrogen-bond acceptors (Lipinski definition) is 4. The van der Waals surface area contributed by atoms with Crippen LogP contribution >= 0.6 is 11.3 Å². The number of nitrogens with zero attached hydrogens (tertiary/aromatic N) is 1. The van der Waals surface area contributed by atoms with Crippen LogP contribution in [-0.2, 0) is 9.53 Å². The first-order chi connectivity index (χ1) is 8.13. The Bertz CT molecular complexity index is 568. The lowest BCUT2D eigenvalue weighted by Crippen LogP contribution is -2.26.